The highest BCUT2D eigenvalue weighted by Crippen LogP contribution is 2.40. The first-order valence-electron chi connectivity index (χ1n) is 5.31. The molecule has 1 aromatic carbocycles. The molecule has 0 bridgehead atoms. The van der Waals surface area contributed by atoms with Gasteiger partial charge in [0.15, 0.2) is 0 Å². The second kappa shape index (κ2) is 3.56. The SMILES string of the molecule is Cc1ccccc1C1(C=O)CCCC1. The van der Waals surface area contributed by atoms with E-state index in [0.717, 1.165) is 12.8 Å². The molecule has 0 atom stereocenters. The van der Waals surface area contributed by atoms with Gasteiger partial charge in [0.1, 0.15) is 6.29 Å². The molecule has 1 nitrogen and oxygen atoms in total. The highest BCUT2D eigenvalue weighted by atomic mass is 16.1. The predicted octanol–water partition coefficient (Wildman–Crippen LogP) is 3.01. The van der Waals surface area contributed by atoms with Crippen molar-refractivity contribution in [3.05, 3.63) is 35.4 Å². The van der Waals surface area contributed by atoms with Gasteiger partial charge in [0.05, 0.1) is 5.41 Å². The van der Waals surface area contributed by atoms with E-state index in [1.165, 1.54) is 30.3 Å². The van der Waals surface area contributed by atoms with Gasteiger partial charge in [0, 0.05) is 0 Å². The summed E-state index contributed by atoms with van der Waals surface area (Å²) >= 11 is 0. The largest absolute Gasteiger partial charge is 0.302 e. The van der Waals surface area contributed by atoms with Crippen molar-refractivity contribution in [2.75, 3.05) is 0 Å². The van der Waals surface area contributed by atoms with Crippen molar-refractivity contribution in [2.45, 2.75) is 38.0 Å². The third-order valence-electron chi connectivity index (χ3n) is 3.40. The molecule has 0 unspecified atom stereocenters. The van der Waals surface area contributed by atoms with Crippen molar-refractivity contribution < 1.29 is 4.79 Å². The molecule has 74 valence electrons. The first-order valence-corrected chi connectivity index (χ1v) is 5.31. The van der Waals surface area contributed by atoms with E-state index in [9.17, 15) is 4.79 Å². The highest BCUT2D eigenvalue weighted by Gasteiger charge is 2.35. The zero-order valence-corrected chi connectivity index (χ0v) is 8.62. The molecule has 2 rings (SSSR count). The minimum absolute atomic E-state index is 0.161. The molecule has 1 saturated carbocycles. The van der Waals surface area contributed by atoms with E-state index in [0.29, 0.717) is 0 Å². The lowest BCUT2D eigenvalue weighted by Crippen LogP contribution is -2.24. The summed E-state index contributed by atoms with van der Waals surface area (Å²) in [4.78, 5) is 11.3. The van der Waals surface area contributed by atoms with Gasteiger partial charge in [-0.2, -0.15) is 0 Å². The maximum atomic E-state index is 11.3. The molecule has 1 aromatic rings. The van der Waals surface area contributed by atoms with Crippen molar-refractivity contribution in [3.63, 3.8) is 0 Å². The van der Waals surface area contributed by atoms with E-state index in [1.807, 2.05) is 12.1 Å². The summed E-state index contributed by atoms with van der Waals surface area (Å²) in [6.45, 7) is 2.10. The first kappa shape index (κ1) is 9.45. The number of aryl methyl sites for hydroxylation is 1. The van der Waals surface area contributed by atoms with Crippen LogP contribution in [0.25, 0.3) is 0 Å². The number of carbonyl (C=O) groups is 1. The molecule has 0 aliphatic heterocycles. The molecule has 0 radical (unpaired) electrons. The predicted molar refractivity (Wildman–Crippen MR) is 57.4 cm³/mol. The Labute approximate surface area is 85.1 Å². The van der Waals surface area contributed by atoms with E-state index < -0.39 is 0 Å². The maximum absolute atomic E-state index is 11.3. The minimum atomic E-state index is -0.161. The number of carbonyl (C=O) groups excluding carboxylic acids is 1. The van der Waals surface area contributed by atoms with Crippen LogP contribution >= 0.6 is 0 Å². The lowest BCUT2D eigenvalue weighted by Gasteiger charge is -2.24. The van der Waals surface area contributed by atoms with Gasteiger partial charge in [-0.1, -0.05) is 37.1 Å². The van der Waals surface area contributed by atoms with Crippen LogP contribution in [0.4, 0.5) is 0 Å². The van der Waals surface area contributed by atoms with Crippen LogP contribution in [0.1, 0.15) is 36.8 Å². The van der Waals surface area contributed by atoms with Crippen molar-refractivity contribution >= 4 is 6.29 Å². The third-order valence-corrected chi connectivity index (χ3v) is 3.40. The maximum Gasteiger partial charge on any atom is 0.130 e. The summed E-state index contributed by atoms with van der Waals surface area (Å²) in [5.74, 6) is 0. The molecule has 0 heterocycles. The summed E-state index contributed by atoms with van der Waals surface area (Å²) in [5.41, 5.74) is 2.33. The molecule has 1 heteroatoms. The fourth-order valence-electron chi connectivity index (χ4n) is 2.59. The smallest absolute Gasteiger partial charge is 0.130 e. The average molecular weight is 188 g/mol. The Kier molecular flexibility index (Phi) is 2.40. The van der Waals surface area contributed by atoms with Gasteiger partial charge >= 0.3 is 0 Å². The molecule has 0 aromatic heterocycles. The van der Waals surface area contributed by atoms with E-state index in [-0.39, 0.29) is 5.41 Å². The van der Waals surface area contributed by atoms with Crippen LogP contribution in [0.2, 0.25) is 0 Å². The molecule has 1 aliphatic rings. The van der Waals surface area contributed by atoms with Gasteiger partial charge in [-0.25, -0.2) is 0 Å². The fourth-order valence-corrected chi connectivity index (χ4v) is 2.59. The van der Waals surface area contributed by atoms with Crippen LogP contribution in [-0.4, -0.2) is 6.29 Å². The Morgan fingerprint density at radius 1 is 1.21 bits per heavy atom. The zero-order valence-electron chi connectivity index (χ0n) is 8.62. The number of hydrogen-bond donors (Lipinski definition) is 0. The molecular weight excluding hydrogens is 172 g/mol. The summed E-state index contributed by atoms with van der Waals surface area (Å²) < 4.78 is 0. The van der Waals surface area contributed by atoms with Gasteiger partial charge in [-0.05, 0) is 30.9 Å². The summed E-state index contributed by atoms with van der Waals surface area (Å²) in [5, 5.41) is 0. The molecule has 14 heavy (non-hydrogen) atoms. The highest BCUT2D eigenvalue weighted by molar-refractivity contribution is 5.70. The third kappa shape index (κ3) is 1.37. The van der Waals surface area contributed by atoms with Crippen molar-refractivity contribution in [1.82, 2.24) is 0 Å². The first-order chi connectivity index (χ1) is 6.78. The molecular formula is C13H16O. The molecule has 0 amide bonds. The molecule has 1 aliphatic carbocycles. The Morgan fingerprint density at radius 3 is 2.43 bits per heavy atom. The summed E-state index contributed by atoms with van der Waals surface area (Å²) in [6.07, 6.45) is 5.60. The van der Waals surface area contributed by atoms with Crippen LogP contribution in [0.15, 0.2) is 24.3 Å². The minimum Gasteiger partial charge on any atom is -0.302 e. The number of rotatable bonds is 2. The monoisotopic (exact) mass is 188 g/mol. The normalized spacial score (nSPS) is 19.5. The van der Waals surface area contributed by atoms with Crippen molar-refractivity contribution in [2.24, 2.45) is 0 Å². The summed E-state index contributed by atoms with van der Waals surface area (Å²) in [7, 11) is 0. The van der Waals surface area contributed by atoms with Crippen LogP contribution in [-0.2, 0) is 10.2 Å². The van der Waals surface area contributed by atoms with Gasteiger partial charge in [0.2, 0.25) is 0 Å². The topological polar surface area (TPSA) is 17.1 Å². The van der Waals surface area contributed by atoms with Crippen molar-refractivity contribution in [1.29, 1.82) is 0 Å². The van der Waals surface area contributed by atoms with E-state index in [1.54, 1.807) is 0 Å². The lowest BCUT2D eigenvalue weighted by molar-refractivity contribution is -0.112. The Bertz CT molecular complexity index is 335. The Balaban J connectivity index is 2.46. The number of aldehydes is 1. The van der Waals surface area contributed by atoms with Gasteiger partial charge in [0.25, 0.3) is 0 Å². The van der Waals surface area contributed by atoms with Crippen LogP contribution in [0.5, 0.6) is 0 Å². The van der Waals surface area contributed by atoms with E-state index >= 15 is 0 Å². The lowest BCUT2D eigenvalue weighted by atomic mass is 9.78. The van der Waals surface area contributed by atoms with Gasteiger partial charge in [-0.3, -0.25) is 0 Å². The van der Waals surface area contributed by atoms with E-state index in [2.05, 4.69) is 19.1 Å². The standard InChI is InChI=1S/C13H16O/c1-11-6-2-3-7-12(11)13(10-14)8-4-5-9-13/h2-3,6-7,10H,4-5,8-9H2,1H3. The second-order valence-electron chi connectivity index (χ2n) is 4.30. The van der Waals surface area contributed by atoms with Gasteiger partial charge < -0.3 is 4.79 Å². The van der Waals surface area contributed by atoms with Crippen LogP contribution in [0, 0.1) is 6.92 Å². The number of benzene rings is 1. The molecule has 1 fully saturated rings. The number of hydrogen-bond acceptors (Lipinski definition) is 1. The Hall–Kier alpha value is -1.11. The van der Waals surface area contributed by atoms with Crippen LogP contribution in [0.3, 0.4) is 0 Å². The van der Waals surface area contributed by atoms with Crippen molar-refractivity contribution in [3.8, 4) is 0 Å². The van der Waals surface area contributed by atoms with E-state index in [4.69, 9.17) is 0 Å². The van der Waals surface area contributed by atoms with Gasteiger partial charge in [-0.15, -0.1) is 0 Å². The molecule has 0 saturated heterocycles. The molecule has 0 N–H and O–H groups in total. The quantitative estimate of drug-likeness (QED) is 0.652. The summed E-state index contributed by atoms with van der Waals surface area (Å²) in [6, 6.07) is 8.27. The Morgan fingerprint density at radius 2 is 1.86 bits per heavy atom. The average Bonchev–Trinajstić information content (AvgIpc) is 2.68. The van der Waals surface area contributed by atoms with Crippen LogP contribution < -0.4 is 0 Å². The fraction of sp³-hybridized carbons (Fsp3) is 0.462. The second-order valence-corrected chi connectivity index (χ2v) is 4.30. The zero-order chi connectivity index (χ0) is 10.0. The molecule has 0 spiro atoms.